The second-order valence-corrected chi connectivity index (χ2v) is 6.03. The third-order valence-electron chi connectivity index (χ3n) is 3.60. The monoisotopic (exact) mass is 312 g/mol. The summed E-state index contributed by atoms with van der Waals surface area (Å²) in [6.45, 7) is 5.61. The quantitative estimate of drug-likeness (QED) is 0.931. The van der Waals surface area contributed by atoms with Gasteiger partial charge in [-0.25, -0.2) is 4.39 Å². The molecule has 0 bridgehead atoms. The number of halogens is 2. The molecule has 21 heavy (non-hydrogen) atoms. The first-order chi connectivity index (χ1) is 9.81. The van der Waals surface area contributed by atoms with E-state index in [2.05, 4.69) is 5.32 Å². The molecule has 0 saturated carbocycles. The molecule has 1 saturated heterocycles. The molecule has 1 aliphatic heterocycles. The number of piperazine rings is 1. The summed E-state index contributed by atoms with van der Waals surface area (Å²) < 4.78 is 13.1. The van der Waals surface area contributed by atoms with Crippen molar-refractivity contribution in [1.29, 1.82) is 0 Å². The van der Waals surface area contributed by atoms with Gasteiger partial charge in [-0.3, -0.25) is 9.59 Å². The van der Waals surface area contributed by atoms with Crippen LogP contribution in [-0.2, 0) is 16.1 Å². The Labute approximate surface area is 128 Å². The van der Waals surface area contributed by atoms with Gasteiger partial charge in [0.25, 0.3) is 0 Å². The molecule has 1 heterocycles. The van der Waals surface area contributed by atoms with Crippen molar-refractivity contribution in [2.45, 2.75) is 39.4 Å². The van der Waals surface area contributed by atoms with E-state index in [-0.39, 0.29) is 29.3 Å². The van der Waals surface area contributed by atoms with E-state index in [0.717, 1.165) is 0 Å². The summed E-state index contributed by atoms with van der Waals surface area (Å²) in [5.74, 6) is -0.787. The summed E-state index contributed by atoms with van der Waals surface area (Å²) in [5.41, 5.74) is 0.624. The van der Waals surface area contributed by atoms with Gasteiger partial charge in [-0.1, -0.05) is 31.5 Å². The van der Waals surface area contributed by atoms with E-state index in [4.69, 9.17) is 11.6 Å². The second-order valence-electron chi connectivity index (χ2n) is 5.62. The van der Waals surface area contributed by atoms with Crippen molar-refractivity contribution in [1.82, 2.24) is 10.2 Å². The predicted molar refractivity (Wildman–Crippen MR) is 78.2 cm³/mol. The van der Waals surface area contributed by atoms with Crippen LogP contribution in [0.1, 0.15) is 26.3 Å². The van der Waals surface area contributed by atoms with E-state index >= 15 is 0 Å². The maximum atomic E-state index is 13.1. The van der Waals surface area contributed by atoms with E-state index in [1.807, 2.05) is 13.8 Å². The number of carbonyl (C=O) groups is 2. The first-order valence-corrected chi connectivity index (χ1v) is 7.24. The van der Waals surface area contributed by atoms with Crippen LogP contribution in [0.5, 0.6) is 0 Å². The maximum Gasteiger partial charge on any atom is 0.245 e. The van der Waals surface area contributed by atoms with E-state index < -0.39 is 17.9 Å². The van der Waals surface area contributed by atoms with Gasteiger partial charge < -0.3 is 10.2 Å². The summed E-state index contributed by atoms with van der Waals surface area (Å²) >= 11 is 6.02. The topological polar surface area (TPSA) is 49.4 Å². The van der Waals surface area contributed by atoms with Crippen LogP contribution >= 0.6 is 11.6 Å². The first kappa shape index (κ1) is 15.8. The molecule has 1 aliphatic rings. The standard InChI is InChI=1S/C15H18ClFN2O2/c1-8(2)13-14(20)18-9(3)15(21)19(13)7-10-4-5-11(17)6-12(10)16/h4-6,8-9,13H,7H2,1-3H3,(H,18,20). The van der Waals surface area contributed by atoms with Crippen LogP contribution in [0, 0.1) is 11.7 Å². The van der Waals surface area contributed by atoms with Crippen LogP contribution in [0.15, 0.2) is 18.2 Å². The highest BCUT2D eigenvalue weighted by Crippen LogP contribution is 2.24. The summed E-state index contributed by atoms with van der Waals surface area (Å²) in [5, 5.41) is 2.93. The lowest BCUT2D eigenvalue weighted by Crippen LogP contribution is -2.63. The normalized spacial score (nSPS) is 22.7. The lowest BCUT2D eigenvalue weighted by molar-refractivity contribution is -0.151. The lowest BCUT2D eigenvalue weighted by atomic mass is 9.96. The molecule has 2 amide bonds. The number of benzene rings is 1. The number of hydrogen-bond acceptors (Lipinski definition) is 2. The largest absolute Gasteiger partial charge is 0.343 e. The van der Waals surface area contributed by atoms with Gasteiger partial charge >= 0.3 is 0 Å². The average Bonchev–Trinajstić information content (AvgIpc) is 2.38. The Morgan fingerprint density at radius 2 is 2.05 bits per heavy atom. The fraction of sp³-hybridized carbons (Fsp3) is 0.467. The van der Waals surface area contributed by atoms with Gasteiger partial charge in [0, 0.05) is 11.6 Å². The molecule has 0 aromatic heterocycles. The number of nitrogens with zero attached hydrogens (tertiary/aromatic N) is 1. The Kier molecular flexibility index (Phi) is 4.52. The average molecular weight is 313 g/mol. The van der Waals surface area contributed by atoms with E-state index in [1.165, 1.54) is 17.0 Å². The summed E-state index contributed by atoms with van der Waals surface area (Å²) in [7, 11) is 0. The Balaban J connectivity index is 2.32. The highest BCUT2D eigenvalue weighted by atomic mass is 35.5. The molecule has 0 spiro atoms. The third-order valence-corrected chi connectivity index (χ3v) is 3.96. The van der Waals surface area contributed by atoms with Crippen molar-refractivity contribution in [3.8, 4) is 0 Å². The van der Waals surface area contributed by atoms with Crippen LogP contribution < -0.4 is 5.32 Å². The number of rotatable bonds is 3. The van der Waals surface area contributed by atoms with Crippen molar-refractivity contribution >= 4 is 23.4 Å². The van der Waals surface area contributed by atoms with E-state index in [1.54, 1.807) is 13.0 Å². The van der Waals surface area contributed by atoms with Gasteiger partial charge in [-0.05, 0) is 30.5 Å². The Morgan fingerprint density at radius 3 is 2.62 bits per heavy atom. The van der Waals surface area contributed by atoms with Crippen molar-refractivity contribution < 1.29 is 14.0 Å². The van der Waals surface area contributed by atoms with Crippen molar-refractivity contribution in [2.75, 3.05) is 0 Å². The van der Waals surface area contributed by atoms with Crippen LogP contribution in [0.2, 0.25) is 5.02 Å². The molecule has 0 radical (unpaired) electrons. The zero-order valence-electron chi connectivity index (χ0n) is 12.2. The van der Waals surface area contributed by atoms with Gasteiger partial charge in [0.05, 0.1) is 0 Å². The van der Waals surface area contributed by atoms with Crippen LogP contribution in [0.4, 0.5) is 4.39 Å². The zero-order valence-corrected chi connectivity index (χ0v) is 12.9. The molecule has 6 heteroatoms. The molecule has 1 aromatic carbocycles. The molecule has 2 rings (SSSR count). The third kappa shape index (κ3) is 3.18. The van der Waals surface area contributed by atoms with Gasteiger partial charge in [0.2, 0.25) is 11.8 Å². The molecule has 114 valence electrons. The zero-order chi connectivity index (χ0) is 15.7. The second kappa shape index (κ2) is 6.02. The minimum atomic E-state index is -0.563. The minimum absolute atomic E-state index is 0.0272. The molecule has 1 N–H and O–H groups in total. The summed E-state index contributed by atoms with van der Waals surface area (Å²) in [6.07, 6.45) is 0. The number of amides is 2. The molecular weight excluding hydrogens is 295 g/mol. The Hall–Kier alpha value is -1.62. The molecule has 2 atom stereocenters. The fourth-order valence-electron chi connectivity index (χ4n) is 2.56. The summed E-state index contributed by atoms with van der Waals surface area (Å²) in [4.78, 5) is 26.0. The van der Waals surface area contributed by atoms with E-state index in [0.29, 0.717) is 5.56 Å². The van der Waals surface area contributed by atoms with Crippen molar-refractivity contribution in [2.24, 2.45) is 5.92 Å². The highest BCUT2D eigenvalue weighted by Gasteiger charge is 2.40. The summed E-state index contributed by atoms with van der Waals surface area (Å²) in [6, 6.07) is 2.93. The number of nitrogens with one attached hydrogen (secondary N) is 1. The lowest BCUT2D eigenvalue weighted by Gasteiger charge is -2.40. The Bertz CT molecular complexity index is 577. The SMILES string of the molecule is CC1NC(=O)C(C(C)C)N(Cc2ccc(F)cc2Cl)C1=O. The molecule has 0 aliphatic carbocycles. The van der Waals surface area contributed by atoms with Crippen LogP contribution in [-0.4, -0.2) is 28.8 Å². The highest BCUT2D eigenvalue weighted by molar-refractivity contribution is 6.31. The minimum Gasteiger partial charge on any atom is -0.343 e. The van der Waals surface area contributed by atoms with Crippen molar-refractivity contribution in [3.63, 3.8) is 0 Å². The van der Waals surface area contributed by atoms with Gasteiger partial charge in [0.15, 0.2) is 0 Å². The Morgan fingerprint density at radius 1 is 1.38 bits per heavy atom. The van der Waals surface area contributed by atoms with Gasteiger partial charge in [-0.2, -0.15) is 0 Å². The molecular formula is C15H18ClFN2O2. The van der Waals surface area contributed by atoms with Crippen LogP contribution in [0.25, 0.3) is 0 Å². The predicted octanol–water partition coefficient (Wildman–Crippen LogP) is 2.35. The number of hydrogen-bond donors (Lipinski definition) is 1. The first-order valence-electron chi connectivity index (χ1n) is 6.86. The number of carbonyl (C=O) groups excluding carboxylic acids is 2. The van der Waals surface area contributed by atoms with Crippen molar-refractivity contribution in [3.05, 3.63) is 34.6 Å². The smallest absolute Gasteiger partial charge is 0.245 e. The van der Waals surface area contributed by atoms with Gasteiger partial charge in [-0.15, -0.1) is 0 Å². The van der Waals surface area contributed by atoms with Gasteiger partial charge in [0.1, 0.15) is 17.9 Å². The maximum absolute atomic E-state index is 13.1. The molecule has 2 unspecified atom stereocenters. The van der Waals surface area contributed by atoms with E-state index in [9.17, 15) is 14.0 Å². The molecule has 4 nitrogen and oxygen atoms in total. The fourth-order valence-corrected chi connectivity index (χ4v) is 2.79. The molecule has 1 fully saturated rings. The van der Waals surface area contributed by atoms with Crippen LogP contribution in [0.3, 0.4) is 0 Å². The molecule has 1 aromatic rings.